The van der Waals surface area contributed by atoms with Crippen molar-refractivity contribution in [2.24, 2.45) is 0 Å². The Morgan fingerprint density at radius 3 is 1.17 bits per heavy atom. The van der Waals surface area contributed by atoms with Gasteiger partial charge in [0.2, 0.25) is 5.91 Å². The monoisotopic (exact) mass is 738 g/mol. The normalized spacial score (nSPS) is 13.2. The van der Waals surface area contributed by atoms with Gasteiger partial charge in [-0.25, -0.2) is 0 Å². The standard InChI is InChI=1S/C46H91NO5/c1-4-7-10-13-16-19-21-22-23-24-27-29-32-35-38-44(49)43(41-48)47-45(50)40-42(37-34-31-28-26-20-17-14-11-8-5-2)52-46(51)39-36-33-30-25-18-15-12-9-6-3/h42-44,48-49H,4-41H2,1-3H3,(H,47,50). The van der Waals surface area contributed by atoms with Crippen molar-refractivity contribution in [1.29, 1.82) is 0 Å². The smallest absolute Gasteiger partial charge is 0.306 e. The third-order valence-electron chi connectivity index (χ3n) is 10.9. The molecular formula is C46H91NO5. The highest BCUT2D eigenvalue weighted by Crippen LogP contribution is 2.18. The van der Waals surface area contributed by atoms with Crippen LogP contribution in [0, 0.1) is 0 Å². The maximum absolute atomic E-state index is 13.1. The van der Waals surface area contributed by atoms with Gasteiger partial charge in [-0.1, -0.05) is 220 Å². The quantitative estimate of drug-likeness (QED) is 0.0428. The van der Waals surface area contributed by atoms with E-state index in [1.807, 2.05) is 0 Å². The Hall–Kier alpha value is -1.14. The second-order valence-electron chi connectivity index (χ2n) is 16.2. The van der Waals surface area contributed by atoms with E-state index < -0.39 is 18.2 Å². The van der Waals surface area contributed by atoms with Gasteiger partial charge >= 0.3 is 5.97 Å². The molecule has 0 aliphatic heterocycles. The molecule has 1 amide bonds. The summed E-state index contributed by atoms with van der Waals surface area (Å²) in [7, 11) is 0. The van der Waals surface area contributed by atoms with Gasteiger partial charge in [0.15, 0.2) is 0 Å². The summed E-state index contributed by atoms with van der Waals surface area (Å²) in [6.45, 7) is 6.46. The molecule has 3 unspecified atom stereocenters. The van der Waals surface area contributed by atoms with E-state index >= 15 is 0 Å². The van der Waals surface area contributed by atoms with Crippen molar-refractivity contribution in [3.8, 4) is 0 Å². The molecule has 0 aliphatic carbocycles. The number of ether oxygens (including phenoxy) is 1. The van der Waals surface area contributed by atoms with Gasteiger partial charge < -0.3 is 20.3 Å². The van der Waals surface area contributed by atoms with Gasteiger partial charge in [-0.2, -0.15) is 0 Å². The minimum Gasteiger partial charge on any atom is -0.462 e. The number of carbonyl (C=O) groups excluding carboxylic acids is 2. The number of aliphatic hydroxyl groups is 2. The summed E-state index contributed by atoms with van der Waals surface area (Å²) in [6, 6.07) is -0.690. The Balaban J connectivity index is 4.46. The minimum atomic E-state index is -0.777. The van der Waals surface area contributed by atoms with Crippen LogP contribution in [-0.4, -0.2) is 46.9 Å². The molecular weight excluding hydrogens is 647 g/mol. The van der Waals surface area contributed by atoms with Crippen molar-refractivity contribution >= 4 is 11.9 Å². The number of esters is 1. The molecule has 0 spiro atoms. The van der Waals surface area contributed by atoms with Gasteiger partial charge in [0.25, 0.3) is 0 Å². The van der Waals surface area contributed by atoms with E-state index in [0.29, 0.717) is 19.3 Å². The van der Waals surface area contributed by atoms with Gasteiger partial charge in [-0.05, 0) is 25.7 Å². The lowest BCUT2D eigenvalue weighted by atomic mass is 10.0. The molecule has 0 aromatic carbocycles. The third kappa shape index (κ3) is 35.9. The summed E-state index contributed by atoms with van der Waals surface area (Å²) in [5.74, 6) is -0.462. The Labute approximate surface area is 324 Å². The van der Waals surface area contributed by atoms with Crippen LogP contribution in [0.5, 0.6) is 0 Å². The zero-order valence-corrected chi connectivity index (χ0v) is 35.2. The molecule has 0 heterocycles. The molecule has 0 radical (unpaired) electrons. The second-order valence-corrected chi connectivity index (χ2v) is 16.2. The highest BCUT2D eigenvalue weighted by Gasteiger charge is 2.24. The molecule has 0 saturated carbocycles. The molecule has 0 aromatic rings. The molecule has 6 nitrogen and oxygen atoms in total. The van der Waals surface area contributed by atoms with Crippen LogP contribution in [0.2, 0.25) is 0 Å². The summed E-state index contributed by atoms with van der Waals surface area (Å²) < 4.78 is 5.88. The van der Waals surface area contributed by atoms with Gasteiger partial charge in [0.1, 0.15) is 6.10 Å². The molecule has 0 aromatic heterocycles. The van der Waals surface area contributed by atoms with Crippen LogP contribution < -0.4 is 5.32 Å². The number of carbonyl (C=O) groups is 2. The largest absolute Gasteiger partial charge is 0.462 e. The van der Waals surface area contributed by atoms with E-state index in [2.05, 4.69) is 26.1 Å². The summed E-state index contributed by atoms with van der Waals surface area (Å²) >= 11 is 0. The van der Waals surface area contributed by atoms with Crippen LogP contribution in [0.4, 0.5) is 0 Å². The fourth-order valence-corrected chi connectivity index (χ4v) is 7.37. The first-order chi connectivity index (χ1) is 25.5. The molecule has 0 bridgehead atoms. The maximum Gasteiger partial charge on any atom is 0.306 e. The Kier molecular flexibility index (Phi) is 40.1. The predicted molar refractivity (Wildman–Crippen MR) is 223 cm³/mol. The van der Waals surface area contributed by atoms with Crippen LogP contribution >= 0.6 is 0 Å². The van der Waals surface area contributed by atoms with Crippen molar-refractivity contribution in [2.45, 2.75) is 277 Å². The number of amides is 1. The first-order valence-electron chi connectivity index (χ1n) is 23.3. The molecule has 0 fully saturated rings. The van der Waals surface area contributed by atoms with Gasteiger partial charge in [0.05, 0.1) is 25.2 Å². The third-order valence-corrected chi connectivity index (χ3v) is 10.9. The zero-order chi connectivity index (χ0) is 38.2. The fourth-order valence-electron chi connectivity index (χ4n) is 7.37. The van der Waals surface area contributed by atoms with Crippen LogP contribution in [0.15, 0.2) is 0 Å². The molecule has 0 aliphatic rings. The van der Waals surface area contributed by atoms with Gasteiger partial charge in [0, 0.05) is 6.42 Å². The topological polar surface area (TPSA) is 95.9 Å². The molecule has 52 heavy (non-hydrogen) atoms. The molecule has 0 rings (SSSR count). The number of rotatable bonds is 42. The summed E-state index contributed by atoms with van der Waals surface area (Å²) in [5, 5.41) is 23.6. The van der Waals surface area contributed by atoms with Crippen molar-refractivity contribution in [3.63, 3.8) is 0 Å². The summed E-state index contributed by atoms with van der Waals surface area (Å²) in [6.07, 6.45) is 41.6. The second kappa shape index (κ2) is 41.0. The van der Waals surface area contributed by atoms with Gasteiger partial charge in [-0.15, -0.1) is 0 Å². The van der Waals surface area contributed by atoms with E-state index in [1.54, 1.807) is 0 Å². The highest BCUT2D eigenvalue weighted by atomic mass is 16.5. The molecule has 0 saturated heterocycles. The molecule has 3 N–H and O–H groups in total. The van der Waals surface area contributed by atoms with E-state index in [-0.39, 0.29) is 24.9 Å². The number of nitrogens with one attached hydrogen (secondary N) is 1. The first kappa shape index (κ1) is 50.9. The molecule has 6 heteroatoms. The number of unbranched alkanes of at least 4 members (excludes halogenated alkanes) is 30. The van der Waals surface area contributed by atoms with Crippen molar-refractivity contribution in [1.82, 2.24) is 5.32 Å². The average Bonchev–Trinajstić information content (AvgIpc) is 3.13. The lowest BCUT2D eigenvalue weighted by molar-refractivity contribution is -0.151. The van der Waals surface area contributed by atoms with E-state index in [0.717, 1.165) is 44.9 Å². The summed E-state index contributed by atoms with van der Waals surface area (Å²) in [5.41, 5.74) is 0. The van der Waals surface area contributed by atoms with Crippen LogP contribution in [-0.2, 0) is 14.3 Å². The van der Waals surface area contributed by atoms with Crippen LogP contribution in [0.25, 0.3) is 0 Å². The van der Waals surface area contributed by atoms with Crippen molar-refractivity contribution in [2.75, 3.05) is 6.61 Å². The van der Waals surface area contributed by atoms with Gasteiger partial charge in [-0.3, -0.25) is 9.59 Å². The number of aliphatic hydroxyl groups excluding tert-OH is 2. The van der Waals surface area contributed by atoms with Crippen molar-refractivity contribution < 1.29 is 24.5 Å². The number of hydrogen-bond donors (Lipinski definition) is 3. The van der Waals surface area contributed by atoms with E-state index in [9.17, 15) is 19.8 Å². The Bertz CT molecular complexity index is 746. The first-order valence-corrected chi connectivity index (χ1v) is 23.3. The molecule has 310 valence electrons. The van der Waals surface area contributed by atoms with Crippen LogP contribution in [0.3, 0.4) is 0 Å². The zero-order valence-electron chi connectivity index (χ0n) is 35.2. The van der Waals surface area contributed by atoms with Crippen molar-refractivity contribution in [3.05, 3.63) is 0 Å². The van der Waals surface area contributed by atoms with Crippen LogP contribution in [0.1, 0.15) is 258 Å². The predicted octanol–water partition coefficient (Wildman–Crippen LogP) is 13.2. The molecule has 3 atom stereocenters. The lowest BCUT2D eigenvalue weighted by Gasteiger charge is -2.24. The Morgan fingerprint density at radius 2 is 0.808 bits per heavy atom. The number of hydrogen-bond acceptors (Lipinski definition) is 5. The minimum absolute atomic E-state index is 0.0863. The van der Waals surface area contributed by atoms with E-state index in [1.165, 1.54) is 167 Å². The van der Waals surface area contributed by atoms with E-state index in [4.69, 9.17) is 4.74 Å². The lowest BCUT2D eigenvalue weighted by Crippen LogP contribution is -2.46. The maximum atomic E-state index is 13.1. The average molecular weight is 738 g/mol. The SMILES string of the molecule is CCCCCCCCCCCCCCCCC(O)C(CO)NC(=O)CC(CCCCCCCCCCCC)OC(=O)CCCCCCCCCCC. The fraction of sp³-hybridized carbons (Fsp3) is 0.957. The Morgan fingerprint density at radius 1 is 0.481 bits per heavy atom. The highest BCUT2D eigenvalue weighted by molar-refractivity contribution is 5.77. The summed E-state index contributed by atoms with van der Waals surface area (Å²) in [4.78, 5) is 25.9.